The van der Waals surface area contributed by atoms with E-state index in [1.807, 2.05) is 18.2 Å². The molecule has 1 saturated heterocycles. The summed E-state index contributed by atoms with van der Waals surface area (Å²) in [5.41, 5.74) is 1.93. The molecule has 19 heavy (non-hydrogen) atoms. The van der Waals surface area contributed by atoms with E-state index in [0.717, 1.165) is 37.2 Å². The number of hydrogen-bond donors (Lipinski definition) is 1. The van der Waals surface area contributed by atoms with Crippen LogP contribution in [-0.2, 0) is 11.3 Å². The summed E-state index contributed by atoms with van der Waals surface area (Å²) in [7, 11) is 0. The second-order valence-electron chi connectivity index (χ2n) is 4.68. The third kappa shape index (κ3) is 2.81. The van der Waals surface area contributed by atoms with Crippen LogP contribution in [-0.4, -0.2) is 25.2 Å². The fraction of sp³-hybridized carbons (Fsp3) is 0.462. The Morgan fingerprint density at radius 1 is 1.32 bits per heavy atom. The highest BCUT2D eigenvalue weighted by Crippen LogP contribution is 2.32. The van der Waals surface area contributed by atoms with Gasteiger partial charge in [0.15, 0.2) is 0 Å². The average Bonchev–Trinajstić information content (AvgIpc) is 2.40. The molecule has 1 N–H and O–H groups in total. The predicted molar refractivity (Wildman–Crippen MR) is 77.3 cm³/mol. The Hall–Kier alpha value is -0.970. The van der Waals surface area contributed by atoms with Gasteiger partial charge in [-0.2, -0.15) is 0 Å². The van der Waals surface area contributed by atoms with Gasteiger partial charge in [0.1, 0.15) is 6.61 Å². The highest BCUT2D eigenvalue weighted by Gasteiger charge is 2.32. The summed E-state index contributed by atoms with van der Waals surface area (Å²) in [6.45, 7) is 2.20. The lowest BCUT2D eigenvalue weighted by molar-refractivity contribution is 0.137. The number of piperidine rings is 1. The summed E-state index contributed by atoms with van der Waals surface area (Å²) in [5.74, 6) is 0. The second-order valence-corrected chi connectivity index (χ2v) is 5.12. The lowest BCUT2D eigenvalue weighted by atomic mass is 10.0. The Morgan fingerprint density at radius 3 is 2.79 bits per heavy atom. The van der Waals surface area contributed by atoms with Crippen molar-refractivity contribution in [2.75, 3.05) is 18.0 Å². The van der Waals surface area contributed by atoms with E-state index < -0.39 is 0 Å². The van der Waals surface area contributed by atoms with Crippen LogP contribution in [0.2, 0.25) is 5.02 Å². The molecular formula is C13H16Cl2N2O2. The first-order valence-electron chi connectivity index (χ1n) is 6.21. The quantitative estimate of drug-likeness (QED) is 0.867. The number of carbonyl (C=O) groups excluding carboxylic acids is 1. The maximum Gasteiger partial charge on any atom is 0.414 e. The molecule has 0 aliphatic carbocycles. The minimum atomic E-state index is -0.239. The molecule has 104 valence electrons. The van der Waals surface area contributed by atoms with Crippen LogP contribution < -0.4 is 10.2 Å². The van der Waals surface area contributed by atoms with Crippen molar-refractivity contribution in [1.82, 2.24) is 5.32 Å². The van der Waals surface area contributed by atoms with Gasteiger partial charge < -0.3 is 10.1 Å². The van der Waals surface area contributed by atoms with Crippen molar-refractivity contribution in [3.05, 3.63) is 28.8 Å². The number of nitrogens with zero attached hydrogens (tertiary/aromatic N) is 1. The van der Waals surface area contributed by atoms with Gasteiger partial charge in [0, 0.05) is 16.6 Å². The fourth-order valence-corrected chi connectivity index (χ4v) is 2.82. The zero-order valence-electron chi connectivity index (χ0n) is 10.4. The van der Waals surface area contributed by atoms with E-state index in [1.165, 1.54) is 0 Å². The molecule has 0 radical (unpaired) electrons. The molecule has 1 amide bonds. The third-order valence-corrected chi connectivity index (χ3v) is 3.76. The van der Waals surface area contributed by atoms with Gasteiger partial charge in [0.2, 0.25) is 0 Å². The maximum absolute atomic E-state index is 12.0. The Labute approximate surface area is 123 Å². The molecule has 0 spiro atoms. The average molecular weight is 303 g/mol. The maximum atomic E-state index is 12.0. The van der Waals surface area contributed by atoms with Crippen LogP contribution in [0.5, 0.6) is 0 Å². The van der Waals surface area contributed by atoms with E-state index in [0.29, 0.717) is 11.6 Å². The number of cyclic esters (lactones) is 1. The van der Waals surface area contributed by atoms with E-state index in [1.54, 1.807) is 4.90 Å². The van der Waals surface area contributed by atoms with Crippen LogP contribution >= 0.6 is 24.0 Å². The molecule has 2 aliphatic rings. The lowest BCUT2D eigenvalue weighted by Gasteiger charge is -2.37. The number of anilines is 1. The molecule has 4 nitrogen and oxygen atoms in total. The summed E-state index contributed by atoms with van der Waals surface area (Å²) < 4.78 is 5.23. The molecule has 1 aromatic carbocycles. The zero-order chi connectivity index (χ0) is 12.5. The van der Waals surface area contributed by atoms with E-state index >= 15 is 0 Å². The number of rotatable bonds is 1. The lowest BCUT2D eigenvalue weighted by Crippen LogP contribution is -2.48. The number of nitrogens with one attached hydrogen (secondary N) is 1. The molecule has 1 fully saturated rings. The molecule has 0 atom stereocenters. The number of carbonyl (C=O) groups is 1. The first kappa shape index (κ1) is 14.4. The molecular weight excluding hydrogens is 287 g/mol. The number of hydrogen-bond acceptors (Lipinski definition) is 3. The van der Waals surface area contributed by atoms with E-state index in [4.69, 9.17) is 16.3 Å². The van der Waals surface area contributed by atoms with Crippen LogP contribution in [0.25, 0.3) is 0 Å². The monoisotopic (exact) mass is 302 g/mol. The topological polar surface area (TPSA) is 41.6 Å². The van der Waals surface area contributed by atoms with E-state index in [2.05, 4.69) is 5.32 Å². The number of amides is 1. The number of benzene rings is 1. The third-order valence-electron chi connectivity index (χ3n) is 3.52. The van der Waals surface area contributed by atoms with E-state index in [9.17, 15) is 4.79 Å². The van der Waals surface area contributed by atoms with Crippen LogP contribution in [0.4, 0.5) is 10.5 Å². The minimum Gasteiger partial charge on any atom is -0.444 e. The van der Waals surface area contributed by atoms with Gasteiger partial charge in [-0.1, -0.05) is 11.6 Å². The van der Waals surface area contributed by atoms with Crippen molar-refractivity contribution < 1.29 is 9.53 Å². The highest BCUT2D eigenvalue weighted by molar-refractivity contribution is 6.30. The van der Waals surface area contributed by atoms with E-state index in [-0.39, 0.29) is 24.5 Å². The van der Waals surface area contributed by atoms with Crippen molar-refractivity contribution in [3.63, 3.8) is 0 Å². The molecule has 0 unspecified atom stereocenters. The molecule has 0 aromatic heterocycles. The van der Waals surface area contributed by atoms with Gasteiger partial charge in [-0.25, -0.2) is 4.79 Å². The van der Waals surface area contributed by atoms with Crippen molar-refractivity contribution >= 4 is 35.8 Å². The van der Waals surface area contributed by atoms with Crippen molar-refractivity contribution in [2.45, 2.75) is 25.5 Å². The van der Waals surface area contributed by atoms with Crippen LogP contribution in [0, 0.1) is 0 Å². The van der Waals surface area contributed by atoms with Crippen molar-refractivity contribution in [2.24, 2.45) is 0 Å². The summed E-state index contributed by atoms with van der Waals surface area (Å²) in [6.07, 6.45) is 1.67. The Morgan fingerprint density at radius 2 is 2.05 bits per heavy atom. The summed E-state index contributed by atoms with van der Waals surface area (Å²) >= 11 is 5.98. The van der Waals surface area contributed by atoms with Crippen molar-refractivity contribution in [1.29, 1.82) is 0 Å². The molecule has 3 rings (SSSR count). The summed E-state index contributed by atoms with van der Waals surface area (Å²) in [6, 6.07) is 5.84. The Kier molecular flexibility index (Phi) is 4.55. The SMILES string of the molecule is Cl.O=C1OCc2cc(Cl)ccc2N1C1CCNCC1. The first-order chi connectivity index (χ1) is 8.75. The number of ether oxygens (including phenoxy) is 1. The van der Waals surface area contributed by atoms with Gasteiger partial charge in [0.25, 0.3) is 0 Å². The van der Waals surface area contributed by atoms with Gasteiger partial charge >= 0.3 is 6.09 Å². The number of halogens is 2. The van der Waals surface area contributed by atoms with Crippen molar-refractivity contribution in [3.8, 4) is 0 Å². The largest absolute Gasteiger partial charge is 0.444 e. The van der Waals surface area contributed by atoms with Gasteiger partial charge in [0.05, 0.1) is 5.69 Å². The molecule has 2 aliphatic heterocycles. The second kappa shape index (κ2) is 5.99. The van der Waals surface area contributed by atoms with Gasteiger partial charge in [-0.15, -0.1) is 12.4 Å². The first-order valence-corrected chi connectivity index (χ1v) is 6.58. The highest BCUT2D eigenvalue weighted by atomic mass is 35.5. The zero-order valence-corrected chi connectivity index (χ0v) is 12.0. The fourth-order valence-electron chi connectivity index (χ4n) is 2.62. The van der Waals surface area contributed by atoms with Crippen LogP contribution in [0.1, 0.15) is 18.4 Å². The predicted octanol–water partition coefficient (Wildman–Crippen LogP) is 2.97. The summed E-state index contributed by atoms with van der Waals surface area (Å²) in [5, 5.41) is 3.98. The molecule has 6 heteroatoms. The van der Waals surface area contributed by atoms with Gasteiger partial charge in [-0.3, -0.25) is 4.90 Å². The van der Waals surface area contributed by atoms with Crippen LogP contribution in [0.15, 0.2) is 18.2 Å². The standard InChI is InChI=1S/C13H15ClN2O2.ClH/c14-10-1-2-12-9(7-10)8-18-13(17)16(12)11-3-5-15-6-4-11;/h1-2,7,11,15H,3-6,8H2;1H. The normalized spacial score (nSPS) is 19.4. The molecule has 2 heterocycles. The number of fused-ring (bicyclic) bond motifs is 1. The summed E-state index contributed by atoms with van der Waals surface area (Å²) in [4.78, 5) is 13.8. The molecule has 0 bridgehead atoms. The molecule has 1 aromatic rings. The molecule has 0 saturated carbocycles. The minimum absolute atomic E-state index is 0. The smallest absolute Gasteiger partial charge is 0.414 e. The van der Waals surface area contributed by atoms with Crippen LogP contribution in [0.3, 0.4) is 0 Å². The Bertz CT molecular complexity index is 476. The Balaban J connectivity index is 0.00000133. The van der Waals surface area contributed by atoms with Gasteiger partial charge in [-0.05, 0) is 44.1 Å².